The van der Waals surface area contributed by atoms with Gasteiger partial charge in [-0.05, 0) is 54.4 Å². The van der Waals surface area contributed by atoms with Crippen molar-refractivity contribution >= 4 is 39.9 Å². The number of fused-ring (bicyclic) bond motifs is 1. The minimum absolute atomic E-state index is 0.138. The Morgan fingerprint density at radius 1 is 0.969 bits per heavy atom. The highest BCUT2D eigenvalue weighted by Crippen LogP contribution is 2.18. The minimum atomic E-state index is -0.382. The van der Waals surface area contributed by atoms with Crippen LogP contribution in [0, 0.1) is 0 Å². The summed E-state index contributed by atoms with van der Waals surface area (Å²) in [5, 5.41) is 6.66. The number of para-hydroxylation sites is 1. The summed E-state index contributed by atoms with van der Waals surface area (Å²) in [4.78, 5) is 30.5. The number of hydrogen-bond donors (Lipinski definition) is 2. The Bertz CT molecular complexity index is 1300. The second kappa shape index (κ2) is 9.66. The monoisotopic (exact) mass is 446 g/mol. The van der Waals surface area contributed by atoms with Crippen LogP contribution in [0.15, 0.2) is 77.6 Å². The van der Waals surface area contributed by atoms with Crippen molar-refractivity contribution in [3.05, 3.63) is 99.6 Å². The zero-order valence-corrected chi connectivity index (χ0v) is 18.4. The van der Waals surface area contributed by atoms with Crippen molar-refractivity contribution in [2.45, 2.75) is 26.3 Å². The van der Waals surface area contributed by atoms with Crippen LogP contribution in [0.1, 0.15) is 24.7 Å². The molecule has 7 heteroatoms. The number of urea groups is 1. The Kier molecular flexibility index (Phi) is 6.52. The van der Waals surface area contributed by atoms with Gasteiger partial charge in [0.05, 0.1) is 17.4 Å². The molecule has 0 aliphatic rings. The molecule has 0 unspecified atom stereocenters. The Labute approximate surface area is 190 Å². The molecular weight excluding hydrogens is 424 g/mol. The summed E-state index contributed by atoms with van der Waals surface area (Å²) >= 11 is 5.99. The molecule has 0 atom stereocenters. The van der Waals surface area contributed by atoms with Gasteiger partial charge in [0.25, 0.3) is 5.56 Å². The minimum Gasteiger partial charge on any atom is -0.308 e. The second-order valence-electron chi connectivity index (χ2n) is 7.47. The molecule has 1 aromatic heterocycles. The van der Waals surface area contributed by atoms with Gasteiger partial charge in [0.2, 0.25) is 0 Å². The lowest BCUT2D eigenvalue weighted by atomic mass is 10.1. The Morgan fingerprint density at radius 3 is 2.41 bits per heavy atom. The number of carbonyl (C=O) groups is 1. The number of carbonyl (C=O) groups excluding carboxylic acids is 1. The van der Waals surface area contributed by atoms with Crippen molar-refractivity contribution in [2.75, 3.05) is 10.6 Å². The normalized spacial score (nSPS) is 10.8. The quantitative estimate of drug-likeness (QED) is 0.399. The lowest BCUT2D eigenvalue weighted by Crippen LogP contribution is -2.26. The van der Waals surface area contributed by atoms with Crippen LogP contribution in [-0.2, 0) is 13.0 Å². The predicted octanol–water partition coefficient (Wildman–Crippen LogP) is 5.69. The Morgan fingerprint density at radius 2 is 1.69 bits per heavy atom. The molecule has 32 heavy (non-hydrogen) atoms. The second-order valence-corrected chi connectivity index (χ2v) is 7.91. The van der Waals surface area contributed by atoms with E-state index in [4.69, 9.17) is 16.6 Å². The molecular formula is C25H23ClN4O2. The predicted molar refractivity (Wildman–Crippen MR) is 130 cm³/mol. The summed E-state index contributed by atoms with van der Waals surface area (Å²) in [6.45, 7) is 2.46. The van der Waals surface area contributed by atoms with E-state index < -0.39 is 0 Å². The van der Waals surface area contributed by atoms with E-state index in [1.807, 2.05) is 42.5 Å². The lowest BCUT2D eigenvalue weighted by Gasteiger charge is -2.14. The first kappa shape index (κ1) is 21.6. The van der Waals surface area contributed by atoms with Gasteiger partial charge in [0, 0.05) is 22.8 Å². The zero-order chi connectivity index (χ0) is 22.5. The molecule has 0 spiro atoms. The number of anilines is 2. The zero-order valence-electron chi connectivity index (χ0n) is 17.6. The van der Waals surface area contributed by atoms with Gasteiger partial charge >= 0.3 is 6.03 Å². The van der Waals surface area contributed by atoms with Gasteiger partial charge in [-0.1, -0.05) is 48.9 Å². The van der Waals surface area contributed by atoms with E-state index in [2.05, 4.69) is 17.6 Å². The molecule has 0 aliphatic heterocycles. The number of aromatic nitrogens is 2. The summed E-state index contributed by atoms with van der Waals surface area (Å²) in [6.07, 6.45) is 1.57. The molecule has 4 rings (SSSR count). The molecule has 0 aliphatic carbocycles. The maximum Gasteiger partial charge on any atom is 0.323 e. The van der Waals surface area contributed by atoms with Gasteiger partial charge in [-0.25, -0.2) is 9.78 Å². The standard InChI is InChI=1S/C25H23ClN4O2/c1-2-6-23-29-22-14-13-20(28-25(32)27-19-7-4-3-5-8-19)15-21(22)24(31)30(23)16-17-9-11-18(26)12-10-17/h3-5,7-15H,2,6,16H2,1H3,(H2,27,28,32). The van der Waals surface area contributed by atoms with E-state index in [-0.39, 0.29) is 11.6 Å². The topological polar surface area (TPSA) is 76.0 Å². The van der Waals surface area contributed by atoms with Crippen LogP contribution in [0.4, 0.5) is 16.2 Å². The number of aryl methyl sites for hydroxylation is 1. The van der Waals surface area contributed by atoms with Gasteiger partial charge in [-0.15, -0.1) is 0 Å². The van der Waals surface area contributed by atoms with Crippen molar-refractivity contribution < 1.29 is 4.79 Å². The van der Waals surface area contributed by atoms with Crippen molar-refractivity contribution in [2.24, 2.45) is 0 Å². The van der Waals surface area contributed by atoms with Crippen LogP contribution in [0.5, 0.6) is 0 Å². The number of nitrogens with one attached hydrogen (secondary N) is 2. The molecule has 2 amide bonds. The average Bonchev–Trinajstić information content (AvgIpc) is 2.79. The van der Waals surface area contributed by atoms with Crippen LogP contribution >= 0.6 is 11.6 Å². The van der Waals surface area contributed by atoms with Crippen LogP contribution in [0.2, 0.25) is 5.02 Å². The van der Waals surface area contributed by atoms with Crippen LogP contribution in [0.3, 0.4) is 0 Å². The van der Waals surface area contributed by atoms with Crippen LogP contribution in [-0.4, -0.2) is 15.6 Å². The summed E-state index contributed by atoms with van der Waals surface area (Å²) in [7, 11) is 0. The van der Waals surface area contributed by atoms with Crippen molar-refractivity contribution in [3.8, 4) is 0 Å². The van der Waals surface area contributed by atoms with E-state index in [1.54, 1.807) is 34.9 Å². The molecule has 0 fully saturated rings. The fraction of sp³-hybridized carbons (Fsp3) is 0.160. The number of benzene rings is 3. The smallest absolute Gasteiger partial charge is 0.308 e. The van der Waals surface area contributed by atoms with Crippen LogP contribution in [0.25, 0.3) is 10.9 Å². The molecule has 4 aromatic rings. The molecule has 0 radical (unpaired) electrons. The first-order chi connectivity index (χ1) is 15.5. The number of nitrogens with zero attached hydrogens (tertiary/aromatic N) is 2. The van der Waals surface area contributed by atoms with E-state index in [0.717, 1.165) is 17.8 Å². The maximum atomic E-state index is 13.4. The third-order valence-electron chi connectivity index (χ3n) is 5.05. The number of hydrogen-bond acceptors (Lipinski definition) is 3. The van der Waals surface area contributed by atoms with Gasteiger partial charge in [-0.2, -0.15) is 0 Å². The van der Waals surface area contributed by atoms with Gasteiger partial charge in [0.15, 0.2) is 0 Å². The van der Waals surface area contributed by atoms with Crippen LogP contribution < -0.4 is 16.2 Å². The first-order valence-corrected chi connectivity index (χ1v) is 10.8. The van der Waals surface area contributed by atoms with E-state index >= 15 is 0 Å². The highest BCUT2D eigenvalue weighted by molar-refractivity contribution is 6.30. The third kappa shape index (κ3) is 4.98. The third-order valence-corrected chi connectivity index (χ3v) is 5.30. The van der Waals surface area contributed by atoms with Gasteiger partial charge < -0.3 is 10.6 Å². The van der Waals surface area contributed by atoms with E-state index in [0.29, 0.717) is 40.3 Å². The molecule has 0 saturated carbocycles. The summed E-state index contributed by atoms with van der Waals surface area (Å²) in [6, 6.07) is 21.4. The number of halogens is 1. The Hall–Kier alpha value is -3.64. The summed E-state index contributed by atoms with van der Waals surface area (Å²) in [5.74, 6) is 0.738. The number of rotatable bonds is 6. The van der Waals surface area contributed by atoms with Gasteiger partial charge in [0.1, 0.15) is 5.82 Å². The summed E-state index contributed by atoms with van der Waals surface area (Å²) in [5.41, 5.74) is 2.64. The van der Waals surface area contributed by atoms with E-state index in [1.165, 1.54) is 0 Å². The molecule has 162 valence electrons. The SMILES string of the molecule is CCCc1nc2ccc(NC(=O)Nc3ccccc3)cc2c(=O)n1Cc1ccc(Cl)cc1. The summed E-state index contributed by atoms with van der Waals surface area (Å²) < 4.78 is 1.70. The average molecular weight is 447 g/mol. The molecule has 0 saturated heterocycles. The highest BCUT2D eigenvalue weighted by Gasteiger charge is 2.13. The lowest BCUT2D eigenvalue weighted by molar-refractivity contribution is 0.262. The van der Waals surface area contributed by atoms with Gasteiger partial charge in [-0.3, -0.25) is 9.36 Å². The fourth-order valence-electron chi connectivity index (χ4n) is 3.51. The maximum absolute atomic E-state index is 13.4. The Balaban J connectivity index is 1.66. The largest absolute Gasteiger partial charge is 0.323 e. The fourth-order valence-corrected chi connectivity index (χ4v) is 3.64. The highest BCUT2D eigenvalue weighted by atomic mass is 35.5. The molecule has 1 heterocycles. The van der Waals surface area contributed by atoms with Crippen molar-refractivity contribution in [1.82, 2.24) is 9.55 Å². The van der Waals surface area contributed by atoms with E-state index in [9.17, 15) is 9.59 Å². The molecule has 6 nitrogen and oxygen atoms in total. The molecule has 3 aromatic carbocycles. The molecule has 0 bridgehead atoms. The van der Waals surface area contributed by atoms with Crippen molar-refractivity contribution in [3.63, 3.8) is 0 Å². The molecule has 2 N–H and O–H groups in total. The first-order valence-electron chi connectivity index (χ1n) is 10.4. The van der Waals surface area contributed by atoms with Crippen molar-refractivity contribution in [1.29, 1.82) is 0 Å². The number of amides is 2.